The Morgan fingerprint density at radius 3 is 2.37 bits per heavy atom. The van der Waals surface area contributed by atoms with E-state index in [0.29, 0.717) is 22.6 Å². The van der Waals surface area contributed by atoms with E-state index >= 15 is 0 Å². The van der Waals surface area contributed by atoms with E-state index in [4.69, 9.17) is 4.98 Å². The highest BCUT2D eigenvalue weighted by molar-refractivity contribution is 6.01. The Morgan fingerprint density at radius 2 is 1.76 bits per heavy atom. The molecule has 0 radical (unpaired) electrons. The number of nitrogens with one attached hydrogen (secondary N) is 3. The summed E-state index contributed by atoms with van der Waals surface area (Å²) >= 11 is 0. The van der Waals surface area contributed by atoms with Gasteiger partial charge in [0.25, 0.3) is 5.91 Å². The van der Waals surface area contributed by atoms with Crippen LogP contribution >= 0.6 is 0 Å². The van der Waals surface area contributed by atoms with E-state index in [1.165, 1.54) is 6.92 Å². The molecular weight excluding hydrogens is 482 g/mol. The van der Waals surface area contributed by atoms with Gasteiger partial charge in [-0.05, 0) is 63.8 Å². The molecule has 1 aromatic carbocycles. The zero-order valence-electron chi connectivity index (χ0n) is 22.5. The van der Waals surface area contributed by atoms with Gasteiger partial charge in [0.2, 0.25) is 5.91 Å². The fraction of sp³-hybridized carbons (Fsp3) is 0.448. The van der Waals surface area contributed by atoms with Gasteiger partial charge in [-0.1, -0.05) is 31.4 Å². The molecule has 202 valence electrons. The number of rotatable bonds is 8. The molecule has 3 aromatic rings. The highest BCUT2D eigenvalue weighted by atomic mass is 16.4. The summed E-state index contributed by atoms with van der Waals surface area (Å²) in [6.07, 6.45) is 6.86. The molecule has 4 N–H and O–H groups in total. The summed E-state index contributed by atoms with van der Waals surface area (Å²) in [5.74, 6) is -0.498. The Labute approximate surface area is 223 Å². The summed E-state index contributed by atoms with van der Waals surface area (Å²) in [7, 11) is 0. The average Bonchev–Trinajstić information content (AvgIpc) is 3.21. The Hall–Kier alpha value is -3.88. The zero-order valence-corrected chi connectivity index (χ0v) is 22.5. The first-order chi connectivity index (χ1) is 18.0. The van der Waals surface area contributed by atoms with Gasteiger partial charge in [0.15, 0.2) is 5.65 Å². The van der Waals surface area contributed by atoms with Crippen molar-refractivity contribution in [2.24, 2.45) is 5.92 Å². The maximum Gasteiger partial charge on any atom is 0.305 e. The van der Waals surface area contributed by atoms with E-state index in [1.807, 2.05) is 55.6 Å². The second-order valence-electron chi connectivity index (χ2n) is 11.1. The van der Waals surface area contributed by atoms with E-state index in [-0.39, 0.29) is 29.7 Å². The summed E-state index contributed by atoms with van der Waals surface area (Å²) in [4.78, 5) is 41.5. The summed E-state index contributed by atoms with van der Waals surface area (Å²) in [5, 5.41) is 18.8. The smallest absolute Gasteiger partial charge is 0.305 e. The van der Waals surface area contributed by atoms with Crippen molar-refractivity contribution >= 4 is 34.9 Å². The molecule has 1 atom stereocenters. The van der Waals surface area contributed by atoms with Crippen molar-refractivity contribution in [3.63, 3.8) is 0 Å². The lowest BCUT2D eigenvalue weighted by Crippen LogP contribution is -2.42. The first kappa shape index (κ1) is 27.2. The molecule has 1 aliphatic carbocycles. The van der Waals surface area contributed by atoms with Gasteiger partial charge in [0, 0.05) is 36.0 Å². The fourth-order valence-electron chi connectivity index (χ4n) is 5.14. The standard InChI is InChI=1S/C29H37N5O4/c1-18(35)30-21-14-12-20(13-15-21)25-27(33-29(2,3)4)34-16-8-11-22(26(34)32-25)28(38)31-23(17-24(36)37)19-9-6-5-7-10-19/h8,11-16,19,23,33H,5-7,9-10,17H2,1-4H3,(H,30,35)(H,31,38)(H,36,37). The monoisotopic (exact) mass is 519 g/mol. The maximum atomic E-state index is 13.6. The molecule has 1 unspecified atom stereocenters. The van der Waals surface area contributed by atoms with Crippen LogP contribution in [-0.2, 0) is 9.59 Å². The summed E-state index contributed by atoms with van der Waals surface area (Å²) < 4.78 is 1.87. The Bertz CT molecular complexity index is 1320. The number of aromatic nitrogens is 2. The van der Waals surface area contributed by atoms with Crippen molar-refractivity contribution in [2.45, 2.75) is 77.8 Å². The van der Waals surface area contributed by atoms with Crippen molar-refractivity contribution in [1.29, 1.82) is 0 Å². The molecule has 1 aliphatic rings. The number of pyridine rings is 1. The number of amides is 2. The van der Waals surface area contributed by atoms with Crippen LogP contribution in [0.3, 0.4) is 0 Å². The average molecular weight is 520 g/mol. The summed E-state index contributed by atoms with van der Waals surface area (Å²) in [5.41, 5.74) is 2.76. The first-order valence-electron chi connectivity index (χ1n) is 13.2. The Balaban J connectivity index is 1.73. The molecule has 9 heteroatoms. The molecule has 9 nitrogen and oxygen atoms in total. The fourth-order valence-corrected chi connectivity index (χ4v) is 5.14. The SMILES string of the molecule is CC(=O)Nc1ccc(-c2nc3c(C(=O)NC(CC(=O)O)C4CCCCC4)cccn3c2NC(C)(C)C)cc1. The topological polar surface area (TPSA) is 125 Å². The number of carboxylic acid groups (broad SMARTS) is 1. The molecule has 1 fully saturated rings. The van der Waals surface area contributed by atoms with E-state index in [2.05, 4.69) is 16.0 Å². The molecule has 38 heavy (non-hydrogen) atoms. The molecule has 0 aliphatic heterocycles. The minimum Gasteiger partial charge on any atom is -0.481 e. The summed E-state index contributed by atoms with van der Waals surface area (Å²) in [6.45, 7) is 7.61. The molecule has 1 saturated carbocycles. The highest BCUT2D eigenvalue weighted by Gasteiger charge is 2.29. The lowest BCUT2D eigenvalue weighted by Gasteiger charge is -2.30. The molecule has 4 rings (SSSR count). The second kappa shape index (κ2) is 11.2. The quantitative estimate of drug-likeness (QED) is 0.319. The van der Waals surface area contributed by atoms with Crippen LogP contribution in [0.1, 0.15) is 76.6 Å². The molecule has 2 amide bonds. The molecule has 0 saturated heterocycles. The summed E-state index contributed by atoms with van der Waals surface area (Å²) in [6, 6.07) is 10.5. The zero-order chi connectivity index (χ0) is 27.4. The van der Waals surface area contributed by atoms with E-state index in [0.717, 1.165) is 43.5 Å². The normalized spacial score (nSPS) is 15.2. The maximum absolute atomic E-state index is 13.6. The predicted molar refractivity (Wildman–Crippen MR) is 148 cm³/mol. The van der Waals surface area contributed by atoms with Gasteiger partial charge in [-0.25, -0.2) is 4.98 Å². The number of hydrogen-bond donors (Lipinski definition) is 4. The van der Waals surface area contributed by atoms with Gasteiger partial charge in [-0.3, -0.25) is 18.8 Å². The highest BCUT2D eigenvalue weighted by Crippen LogP contribution is 2.33. The lowest BCUT2D eigenvalue weighted by molar-refractivity contribution is -0.137. The third-order valence-corrected chi connectivity index (χ3v) is 6.80. The van der Waals surface area contributed by atoms with Crippen LogP contribution < -0.4 is 16.0 Å². The van der Waals surface area contributed by atoms with Crippen LogP contribution in [0.2, 0.25) is 0 Å². The van der Waals surface area contributed by atoms with Crippen LogP contribution in [0.25, 0.3) is 16.9 Å². The van der Waals surface area contributed by atoms with Gasteiger partial charge in [0.05, 0.1) is 12.0 Å². The molecule has 2 heterocycles. The van der Waals surface area contributed by atoms with Crippen molar-refractivity contribution in [2.75, 3.05) is 10.6 Å². The van der Waals surface area contributed by atoms with Gasteiger partial charge < -0.3 is 21.1 Å². The second-order valence-corrected chi connectivity index (χ2v) is 11.1. The van der Waals surface area contributed by atoms with Crippen molar-refractivity contribution in [3.8, 4) is 11.3 Å². The number of carboxylic acids is 1. The number of anilines is 2. The first-order valence-corrected chi connectivity index (χ1v) is 13.2. The van der Waals surface area contributed by atoms with Crippen LogP contribution in [0.4, 0.5) is 11.5 Å². The number of fused-ring (bicyclic) bond motifs is 1. The Kier molecular flexibility index (Phi) is 8.04. The van der Waals surface area contributed by atoms with Crippen LogP contribution in [0, 0.1) is 5.92 Å². The Morgan fingerprint density at radius 1 is 1.08 bits per heavy atom. The van der Waals surface area contributed by atoms with Gasteiger partial charge in [0.1, 0.15) is 11.5 Å². The number of benzene rings is 1. The van der Waals surface area contributed by atoms with Crippen molar-refractivity contribution < 1.29 is 19.5 Å². The van der Waals surface area contributed by atoms with E-state index in [1.54, 1.807) is 12.1 Å². The number of hydrogen-bond acceptors (Lipinski definition) is 5. The van der Waals surface area contributed by atoms with Crippen LogP contribution in [0.15, 0.2) is 42.6 Å². The lowest BCUT2D eigenvalue weighted by atomic mass is 9.82. The molecule has 0 spiro atoms. The van der Waals surface area contributed by atoms with Gasteiger partial charge in [-0.15, -0.1) is 0 Å². The third-order valence-electron chi connectivity index (χ3n) is 6.80. The molecular formula is C29H37N5O4. The van der Waals surface area contributed by atoms with Crippen LogP contribution in [0.5, 0.6) is 0 Å². The minimum atomic E-state index is -0.915. The number of imidazole rings is 1. The van der Waals surface area contributed by atoms with Gasteiger partial charge in [-0.2, -0.15) is 0 Å². The van der Waals surface area contributed by atoms with Crippen molar-refractivity contribution in [1.82, 2.24) is 14.7 Å². The number of aliphatic carboxylic acids is 1. The molecule has 2 aromatic heterocycles. The van der Waals surface area contributed by atoms with E-state index < -0.39 is 12.0 Å². The number of carbonyl (C=O) groups is 3. The number of carbonyl (C=O) groups excluding carboxylic acids is 2. The largest absolute Gasteiger partial charge is 0.481 e. The van der Waals surface area contributed by atoms with E-state index in [9.17, 15) is 19.5 Å². The number of nitrogens with zero attached hydrogens (tertiary/aromatic N) is 2. The van der Waals surface area contributed by atoms with Gasteiger partial charge >= 0.3 is 5.97 Å². The predicted octanol–water partition coefficient (Wildman–Crippen LogP) is 5.32. The molecule has 0 bridgehead atoms. The van der Waals surface area contributed by atoms with Crippen molar-refractivity contribution in [3.05, 3.63) is 48.2 Å². The van der Waals surface area contributed by atoms with Crippen LogP contribution in [-0.4, -0.2) is 43.9 Å². The minimum absolute atomic E-state index is 0.101. The third kappa shape index (κ3) is 6.51.